The Morgan fingerprint density at radius 3 is 1.36 bits per heavy atom. The van der Waals surface area contributed by atoms with E-state index in [1.54, 1.807) is 0 Å². The van der Waals surface area contributed by atoms with Gasteiger partial charge in [0.15, 0.2) is 0 Å². The van der Waals surface area contributed by atoms with E-state index in [0.29, 0.717) is 19.8 Å². The molecule has 0 amide bonds. The van der Waals surface area contributed by atoms with Crippen molar-refractivity contribution in [1.82, 2.24) is 0 Å². The molecule has 5 atom stereocenters. The molecule has 0 aromatic heterocycles. The molecule has 3 aromatic carbocycles. The zero-order chi connectivity index (χ0) is 40.3. The predicted octanol–water partition coefficient (Wildman–Crippen LogP) is 15.8. The molecule has 0 radical (unpaired) electrons. The summed E-state index contributed by atoms with van der Waals surface area (Å²) in [5, 5.41) is 0. The van der Waals surface area contributed by atoms with E-state index in [2.05, 4.69) is 92.7 Å². The minimum atomic E-state index is -0.149. The highest BCUT2D eigenvalue weighted by molar-refractivity contribution is 5.28. The molecule has 2 saturated carbocycles. The monoisotopic (exact) mass is 795 g/mol. The lowest BCUT2D eigenvalue weighted by Crippen LogP contribution is -2.20. The molecule has 4 unspecified atom stereocenters. The Hall–Kier alpha value is -2.82. The molecule has 3 aromatic rings. The highest BCUT2D eigenvalue weighted by Gasteiger charge is 2.25. The van der Waals surface area contributed by atoms with Crippen LogP contribution in [0.3, 0.4) is 0 Å². The maximum Gasteiger partial charge on any atom is 0.119 e. The van der Waals surface area contributed by atoms with Gasteiger partial charge in [-0.05, 0) is 90.3 Å². The first kappa shape index (κ1) is 46.2. The number of hydrogen-bond acceptors (Lipinski definition) is 4. The summed E-state index contributed by atoms with van der Waals surface area (Å²) in [6.45, 7) is 7.78. The Morgan fingerprint density at radius 2 is 0.897 bits per heavy atom. The number of benzene rings is 3. The van der Waals surface area contributed by atoms with Crippen molar-refractivity contribution in [3.8, 4) is 11.5 Å². The van der Waals surface area contributed by atoms with E-state index in [4.69, 9.17) is 18.9 Å². The molecule has 0 saturated heterocycles. The maximum absolute atomic E-state index is 6.49. The molecule has 0 spiro atoms. The van der Waals surface area contributed by atoms with Gasteiger partial charge in [0.2, 0.25) is 0 Å². The van der Waals surface area contributed by atoms with Gasteiger partial charge in [0.25, 0.3) is 0 Å². The molecule has 5 rings (SSSR count). The van der Waals surface area contributed by atoms with E-state index in [1.807, 2.05) is 0 Å². The molecule has 58 heavy (non-hydrogen) atoms. The Balaban J connectivity index is 0.973. The highest BCUT2D eigenvalue weighted by Crippen LogP contribution is 2.38. The average molecular weight is 795 g/mol. The van der Waals surface area contributed by atoms with Gasteiger partial charge < -0.3 is 18.9 Å². The van der Waals surface area contributed by atoms with Gasteiger partial charge in [-0.2, -0.15) is 0 Å². The molecule has 0 aliphatic heterocycles. The van der Waals surface area contributed by atoms with Crippen LogP contribution in [0.1, 0.15) is 191 Å². The molecule has 0 N–H and O–H groups in total. The summed E-state index contributed by atoms with van der Waals surface area (Å²) in [5.74, 6) is 5.61. The lowest BCUT2D eigenvalue weighted by Gasteiger charge is -2.32. The summed E-state index contributed by atoms with van der Waals surface area (Å²) in [6.07, 6.45) is 33.1. The van der Waals surface area contributed by atoms with Crippen molar-refractivity contribution in [2.24, 2.45) is 23.7 Å². The molecular weight excluding hydrogens is 713 g/mol. The first-order valence-electron chi connectivity index (χ1n) is 24.4. The Bertz CT molecular complexity index is 1420. The van der Waals surface area contributed by atoms with Crippen molar-refractivity contribution in [2.45, 2.75) is 187 Å². The Morgan fingerprint density at radius 1 is 0.466 bits per heavy atom. The van der Waals surface area contributed by atoms with E-state index >= 15 is 0 Å². The predicted molar refractivity (Wildman–Crippen MR) is 244 cm³/mol. The summed E-state index contributed by atoms with van der Waals surface area (Å²) in [4.78, 5) is 0. The van der Waals surface area contributed by atoms with Gasteiger partial charge in [-0.3, -0.25) is 0 Å². The van der Waals surface area contributed by atoms with Crippen molar-refractivity contribution in [3.63, 3.8) is 0 Å². The SMILES string of the molecule is CCCCCCCC1CCCCC1CCCOc1ccc(COC[C@H](OCc2ccc(OCCCC3CCCCC3CCCCCCC)cc2)c2ccccc2)cc1. The molecule has 2 aliphatic carbocycles. The third-order valence-electron chi connectivity index (χ3n) is 13.5. The van der Waals surface area contributed by atoms with Gasteiger partial charge in [0.05, 0.1) is 33.0 Å². The second-order valence-electron chi connectivity index (χ2n) is 18.0. The van der Waals surface area contributed by atoms with Gasteiger partial charge in [-0.1, -0.05) is 197 Å². The fraction of sp³-hybridized carbons (Fsp3) is 0.667. The van der Waals surface area contributed by atoms with Crippen LogP contribution in [0.15, 0.2) is 78.9 Å². The number of ether oxygens (including phenoxy) is 4. The van der Waals surface area contributed by atoms with Crippen molar-refractivity contribution in [3.05, 3.63) is 95.6 Å². The van der Waals surface area contributed by atoms with Crippen LogP contribution in [0.4, 0.5) is 0 Å². The smallest absolute Gasteiger partial charge is 0.119 e. The minimum Gasteiger partial charge on any atom is -0.494 e. The summed E-state index contributed by atoms with van der Waals surface area (Å²) < 4.78 is 25.2. The van der Waals surface area contributed by atoms with Crippen LogP contribution in [0, 0.1) is 23.7 Å². The molecule has 0 heterocycles. The highest BCUT2D eigenvalue weighted by atomic mass is 16.5. The third kappa shape index (κ3) is 17.8. The Labute approximate surface area is 355 Å². The molecular formula is C54H82O4. The normalized spacial score (nSPS) is 20.2. The molecule has 2 fully saturated rings. The fourth-order valence-electron chi connectivity index (χ4n) is 9.93. The molecule has 0 bridgehead atoms. The number of rotatable bonds is 30. The van der Waals surface area contributed by atoms with Crippen molar-refractivity contribution in [1.29, 1.82) is 0 Å². The van der Waals surface area contributed by atoms with Crippen molar-refractivity contribution in [2.75, 3.05) is 19.8 Å². The first-order chi connectivity index (χ1) is 28.7. The average Bonchev–Trinajstić information content (AvgIpc) is 3.27. The summed E-state index contributed by atoms with van der Waals surface area (Å²) in [7, 11) is 0. The number of unbranched alkanes of at least 4 members (excludes halogenated alkanes) is 8. The van der Waals surface area contributed by atoms with Crippen molar-refractivity contribution >= 4 is 0 Å². The van der Waals surface area contributed by atoms with Gasteiger partial charge in [-0.15, -0.1) is 0 Å². The second kappa shape index (κ2) is 28.6. The molecule has 4 heteroatoms. The summed E-state index contributed by atoms with van der Waals surface area (Å²) in [6, 6.07) is 27.4. The van der Waals surface area contributed by atoms with E-state index in [-0.39, 0.29) is 6.10 Å². The van der Waals surface area contributed by atoms with Crippen molar-refractivity contribution < 1.29 is 18.9 Å². The van der Waals surface area contributed by atoms with Gasteiger partial charge >= 0.3 is 0 Å². The lowest BCUT2D eigenvalue weighted by atomic mass is 9.74. The van der Waals surface area contributed by atoms with E-state index < -0.39 is 0 Å². The van der Waals surface area contributed by atoms with Crippen LogP contribution >= 0.6 is 0 Å². The van der Waals surface area contributed by atoms with Crippen LogP contribution in [0.5, 0.6) is 11.5 Å². The van der Waals surface area contributed by atoms with E-state index in [9.17, 15) is 0 Å². The summed E-state index contributed by atoms with van der Waals surface area (Å²) in [5.41, 5.74) is 3.42. The Kier molecular flexibility index (Phi) is 22.8. The standard InChI is InChI=1S/C54H82O4/c1-3-5-7-9-12-22-47-24-16-18-26-49(47)30-20-40-56-52-36-32-45(33-37-52)42-55-44-54(51-28-14-11-15-29-51)58-43-46-34-38-53(39-35-46)57-41-21-31-50-27-19-17-25-48(50)23-13-10-8-6-4-2/h11,14-15,28-29,32-39,47-50,54H,3-10,12-13,16-27,30-31,40-44H2,1-2H3/t47?,48?,49?,50?,54-/m0/s1. The van der Waals surface area contributed by atoms with Crippen LogP contribution in [-0.4, -0.2) is 19.8 Å². The molecule has 322 valence electrons. The quantitative estimate of drug-likeness (QED) is 0.0630. The van der Waals surface area contributed by atoms with Crippen LogP contribution in [-0.2, 0) is 22.7 Å². The number of hydrogen-bond donors (Lipinski definition) is 0. The van der Waals surface area contributed by atoms with Gasteiger partial charge in [0, 0.05) is 0 Å². The molecule has 2 aliphatic rings. The van der Waals surface area contributed by atoms with E-state index in [1.165, 1.54) is 141 Å². The van der Waals surface area contributed by atoms with Gasteiger partial charge in [0.1, 0.15) is 17.6 Å². The minimum absolute atomic E-state index is 0.149. The lowest BCUT2D eigenvalue weighted by molar-refractivity contribution is -0.0313. The van der Waals surface area contributed by atoms with Gasteiger partial charge in [-0.25, -0.2) is 0 Å². The maximum atomic E-state index is 6.49. The zero-order valence-corrected chi connectivity index (χ0v) is 37.0. The first-order valence-corrected chi connectivity index (χ1v) is 24.4. The van der Waals surface area contributed by atoms with E-state index in [0.717, 1.165) is 77.9 Å². The fourth-order valence-corrected chi connectivity index (χ4v) is 9.93. The zero-order valence-electron chi connectivity index (χ0n) is 37.0. The van der Waals surface area contributed by atoms with Crippen LogP contribution < -0.4 is 9.47 Å². The summed E-state index contributed by atoms with van der Waals surface area (Å²) >= 11 is 0. The topological polar surface area (TPSA) is 36.9 Å². The van der Waals surface area contributed by atoms with Crippen LogP contribution in [0.2, 0.25) is 0 Å². The second-order valence-corrected chi connectivity index (χ2v) is 18.0. The van der Waals surface area contributed by atoms with Crippen LogP contribution in [0.25, 0.3) is 0 Å². The largest absolute Gasteiger partial charge is 0.494 e. The molecule has 4 nitrogen and oxygen atoms in total. The third-order valence-corrected chi connectivity index (χ3v) is 13.5.